The molecular weight excluding hydrogens is 538 g/mol. The van der Waals surface area contributed by atoms with Crippen LogP contribution in [0.3, 0.4) is 0 Å². The highest BCUT2D eigenvalue weighted by atomic mass is 16.5. The zero-order chi connectivity index (χ0) is 29.7. The summed E-state index contributed by atoms with van der Waals surface area (Å²) in [7, 11) is 0. The molecule has 4 heteroatoms. The number of hydrogen-bond acceptors (Lipinski definition) is 4. The van der Waals surface area contributed by atoms with Crippen LogP contribution < -0.4 is 4.74 Å². The van der Waals surface area contributed by atoms with Gasteiger partial charge >= 0.3 is 0 Å². The van der Waals surface area contributed by atoms with Crippen LogP contribution in [0.2, 0.25) is 0 Å². The Bertz CT molecular complexity index is 2170. The first-order chi connectivity index (χ1) is 21.6. The molecule has 4 nitrogen and oxygen atoms in total. The second-order valence-electron chi connectivity index (χ2n) is 11.6. The monoisotopic (exact) mass is 567 g/mol. The standard InChI is InChI=1S/C40H29N3O/c1-40(2)33-21-11-12-22-34(33)44-35-23-13-20-32(36(35)40)39-42-37(27-16-7-4-8-17-27)41-38(43-39)31-25-24-28(26-14-5-3-6-15-26)29-18-9-10-19-30(29)31/h3-25H,1-2H3. The lowest BCUT2D eigenvalue weighted by atomic mass is 9.73. The van der Waals surface area contributed by atoms with Crippen molar-refractivity contribution < 1.29 is 4.74 Å². The van der Waals surface area contributed by atoms with Crippen molar-refractivity contribution in [2.24, 2.45) is 0 Å². The lowest BCUT2D eigenvalue weighted by molar-refractivity contribution is 0.418. The topological polar surface area (TPSA) is 47.9 Å². The minimum absolute atomic E-state index is 0.329. The van der Waals surface area contributed by atoms with Crippen LogP contribution in [0.15, 0.2) is 140 Å². The molecule has 0 bridgehead atoms. The summed E-state index contributed by atoms with van der Waals surface area (Å²) in [4.78, 5) is 15.4. The van der Waals surface area contributed by atoms with Crippen LogP contribution in [0.4, 0.5) is 0 Å². The minimum atomic E-state index is -0.329. The second kappa shape index (κ2) is 10.3. The fourth-order valence-electron chi connectivity index (χ4n) is 6.47. The summed E-state index contributed by atoms with van der Waals surface area (Å²) in [6.07, 6.45) is 0. The highest BCUT2D eigenvalue weighted by molar-refractivity contribution is 6.04. The molecule has 0 N–H and O–H groups in total. The largest absolute Gasteiger partial charge is 0.457 e. The van der Waals surface area contributed by atoms with Gasteiger partial charge in [0.1, 0.15) is 11.5 Å². The lowest BCUT2D eigenvalue weighted by Gasteiger charge is -2.35. The molecule has 0 unspecified atom stereocenters. The van der Waals surface area contributed by atoms with Crippen LogP contribution in [0, 0.1) is 0 Å². The molecule has 0 spiro atoms. The van der Waals surface area contributed by atoms with Gasteiger partial charge in [-0.15, -0.1) is 0 Å². The molecule has 0 aliphatic carbocycles. The molecule has 0 atom stereocenters. The molecule has 44 heavy (non-hydrogen) atoms. The fraction of sp³-hybridized carbons (Fsp3) is 0.0750. The third-order valence-corrected chi connectivity index (χ3v) is 8.59. The van der Waals surface area contributed by atoms with Crippen molar-refractivity contribution in [2.45, 2.75) is 19.3 Å². The van der Waals surface area contributed by atoms with Crippen LogP contribution >= 0.6 is 0 Å². The van der Waals surface area contributed by atoms with Crippen molar-refractivity contribution in [3.63, 3.8) is 0 Å². The first-order valence-electron chi connectivity index (χ1n) is 14.9. The van der Waals surface area contributed by atoms with Crippen LogP contribution in [0.5, 0.6) is 11.5 Å². The van der Waals surface area contributed by atoms with Crippen molar-refractivity contribution in [1.82, 2.24) is 15.0 Å². The third kappa shape index (κ3) is 4.26. The lowest BCUT2D eigenvalue weighted by Crippen LogP contribution is -2.25. The van der Waals surface area contributed by atoms with Crippen LogP contribution in [0.25, 0.3) is 56.1 Å². The van der Waals surface area contributed by atoms with E-state index in [9.17, 15) is 0 Å². The summed E-state index contributed by atoms with van der Waals surface area (Å²) >= 11 is 0. The van der Waals surface area contributed by atoms with Gasteiger partial charge in [0.25, 0.3) is 0 Å². The number of hydrogen-bond donors (Lipinski definition) is 0. The molecule has 0 saturated heterocycles. The van der Waals surface area contributed by atoms with E-state index in [0.717, 1.165) is 50.1 Å². The van der Waals surface area contributed by atoms with E-state index < -0.39 is 0 Å². The minimum Gasteiger partial charge on any atom is -0.457 e. The normalized spacial score (nSPS) is 13.1. The Kier molecular flexibility index (Phi) is 6.09. The number of ether oxygens (including phenoxy) is 1. The molecule has 210 valence electrons. The van der Waals surface area contributed by atoms with E-state index in [1.165, 1.54) is 11.1 Å². The molecule has 1 aliphatic rings. The van der Waals surface area contributed by atoms with Crippen molar-refractivity contribution in [3.8, 4) is 56.8 Å². The number of aromatic nitrogens is 3. The van der Waals surface area contributed by atoms with Gasteiger partial charge in [-0.3, -0.25) is 0 Å². The molecule has 1 aromatic heterocycles. The molecule has 1 aliphatic heterocycles. The quantitative estimate of drug-likeness (QED) is 0.212. The van der Waals surface area contributed by atoms with E-state index in [2.05, 4.69) is 92.7 Å². The van der Waals surface area contributed by atoms with Gasteiger partial charge in [-0.1, -0.05) is 135 Å². The number of nitrogens with zero attached hydrogens (tertiary/aromatic N) is 3. The number of fused-ring (bicyclic) bond motifs is 3. The Morgan fingerprint density at radius 2 is 0.977 bits per heavy atom. The SMILES string of the molecule is CC1(C)c2ccccc2Oc2cccc(-c3nc(-c4ccccc4)nc(-c4ccc(-c5ccccc5)c5ccccc45)n3)c21. The maximum absolute atomic E-state index is 6.45. The van der Waals surface area contributed by atoms with Gasteiger partial charge in [0.05, 0.1) is 0 Å². The number of benzene rings is 6. The average Bonchev–Trinajstić information content (AvgIpc) is 3.08. The number of rotatable bonds is 4. The summed E-state index contributed by atoms with van der Waals surface area (Å²) in [6, 6.07) is 47.8. The molecule has 2 heterocycles. The Labute approximate surface area is 256 Å². The van der Waals surface area contributed by atoms with Gasteiger partial charge in [-0.05, 0) is 40.1 Å². The van der Waals surface area contributed by atoms with Gasteiger partial charge in [0.15, 0.2) is 17.5 Å². The van der Waals surface area contributed by atoms with Gasteiger partial charge < -0.3 is 4.74 Å². The fourth-order valence-corrected chi connectivity index (χ4v) is 6.47. The van der Waals surface area contributed by atoms with Crippen LogP contribution in [-0.2, 0) is 5.41 Å². The molecule has 6 aromatic carbocycles. The summed E-state index contributed by atoms with van der Waals surface area (Å²) in [5.74, 6) is 3.60. The maximum atomic E-state index is 6.45. The zero-order valence-corrected chi connectivity index (χ0v) is 24.5. The second-order valence-corrected chi connectivity index (χ2v) is 11.6. The van der Waals surface area contributed by atoms with E-state index in [1.807, 2.05) is 60.7 Å². The Balaban J connectivity index is 1.37. The van der Waals surface area contributed by atoms with Crippen molar-refractivity contribution in [2.75, 3.05) is 0 Å². The smallest absolute Gasteiger partial charge is 0.164 e. The molecule has 8 rings (SSSR count). The van der Waals surface area contributed by atoms with E-state index in [4.69, 9.17) is 19.7 Å². The predicted molar refractivity (Wildman–Crippen MR) is 178 cm³/mol. The van der Waals surface area contributed by atoms with E-state index >= 15 is 0 Å². The van der Waals surface area contributed by atoms with Gasteiger partial charge in [-0.25, -0.2) is 15.0 Å². The van der Waals surface area contributed by atoms with Gasteiger partial charge in [-0.2, -0.15) is 0 Å². The summed E-state index contributed by atoms with van der Waals surface area (Å²) in [5, 5.41) is 2.25. The summed E-state index contributed by atoms with van der Waals surface area (Å²) in [6.45, 7) is 4.49. The van der Waals surface area contributed by atoms with Crippen LogP contribution in [-0.4, -0.2) is 15.0 Å². The molecule has 0 fully saturated rings. The van der Waals surface area contributed by atoms with Crippen molar-refractivity contribution in [1.29, 1.82) is 0 Å². The van der Waals surface area contributed by atoms with Gasteiger partial charge in [0, 0.05) is 33.2 Å². The Morgan fingerprint density at radius 1 is 0.432 bits per heavy atom. The predicted octanol–water partition coefficient (Wildman–Crippen LogP) is 10.1. The molecule has 0 saturated carbocycles. The Morgan fingerprint density at radius 3 is 1.73 bits per heavy atom. The summed E-state index contributed by atoms with van der Waals surface area (Å²) in [5.41, 5.74) is 7.07. The number of para-hydroxylation sites is 1. The van der Waals surface area contributed by atoms with E-state index in [-0.39, 0.29) is 5.41 Å². The highest BCUT2D eigenvalue weighted by Gasteiger charge is 2.37. The highest BCUT2D eigenvalue weighted by Crippen LogP contribution is 2.51. The molecule has 0 radical (unpaired) electrons. The Hall–Kier alpha value is -5.61. The molecule has 0 amide bonds. The molecular formula is C40H29N3O. The van der Waals surface area contributed by atoms with Crippen molar-refractivity contribution >= 4 is 10.8 Å². The van der Waals surface area contributed by atoms with Gasteiger partial charge in [0.2, 0.25) is 0 Å². The first kappa shape index (κ1) is 26.1. The molecule has 7 aromatic rings. The average molecular weight is 568 g/mol. The summed E-state index contributed by atoms with van der Waals surface area (Å²) < 4.78 is 6.45. The van der Waals surface area contributed by atoms with Crippen molar-refractivity contribution in [3.05, 3.63) is 151 Å². The van der Waals surface area contributed by atoms with Crippen LogP contribution in [0.1, 0.15) is 25.0 Å². The van der Waals surface area contributed by atoms with E-state index in [0.29, 0.717) is 17.5 Å². The van der Waals surface area contributed by atoms with E-state index in [1.54, 1.807) is 0 Å². The zero-order valence-electron chi connectivity index (χ0n) is 24.5. The first-order valence-corrected chi connectivity index (χ1v) is 14.9. The maximum Gasteiger partial charge on any atom is 0.164 e. The third-order valence-electron chi connectivity index (χ3n) is 8.59.